The van der Waals surface area contributed by atoms with Gasteiger partial charge in [0.25, 0.3) is 0 Å². The van der Waals surface area contributed by atoms with Crippen LogP contribution in [0.1, 0.15) is 67.5 Å². The Morgan fingerprint density at radius 3 is 2.06 bits per heavy atom. The van der Waals surface area contributed by atoms with E-state index in [1.807, 2.05) is 35.0 Å². The molecule has 3 aliphatic rings. The van der Waals surface area contributed by atoms with Gasteiger partial charge in [-0.1, -0.05) is 53.7 Å². The number of hydrogen-bond donors (Lipinski definition) is 1. The van der Waals surface area contributed by atoms with Crippen molar-refractivity contribution in [2.45, 2.75) is 93.8 Å². The number of esters is 1. The maximum Gasteiger partial charge on any atom is 0.349 e. The molecule has 2 aromatic heterocycles. The number of nitrogens with zero attached hydrogens (tertiary/aromatic N) is 1. The fourth-order valence-electron chi connectivity index (χ4n) is 6.44. The summed E-state index contributed by atoms with van der Waals surface area (Å²) in [6, 6.07) is 8.12. The summed E-state index contributed by atoms with van der Waals surface area (Å²) in [4.78, 5) is 14.7. The zero-order chi connectivity index (χ0) is 24.5. The predicted octanol–water partition coefficient (Wildman–Crippen LogP) is 2.85. The SMILES string of the molecule is C[N+]1(CCCCCCCCCBr)C2CC(OC(=O)C(O)(c3cccs3)c3cccs3)CC1C1OC12.[Br-]. The van der Waals surface area contributed by atoms with Crippen LogP contribution in [0, 0.1) is 0 Å². The molecule has 1 N–H and O–H groups in total. The molecule has 3 aliphatic heterocycles. The van der Waals surface area contributed by atoms with Crippen LogP contribution in [0.25, 0.3) is 0 Å². The van der Waals surface area contributed by atoms with Crippen molar-refractivity contribution in [3.05, 3.63) is 44.8 Å². The molecule has 2 aromatic rings. The van der Waals surface area contributed by atoms with Gasteiger partial charge in [0, 0.05) is 18.2 Å². The van der Waals surface area contributed by atoms with Crippen molar-refractivity contribution in [3.63, 3.8) is 0 Å². The van der Waals surface area contributed by atoms with E-state index in [4.69, 9.17) is 9.47 Å². The molecule has 0 spiro atoms. The molecule has 4 unspecified atom stereocenters. The maximum absolute atomic E-state index is 13.5. The number of alkyl halides is 1. The summed E-state index contributed by atoms with van der Waals surface area (Å²) < 4.78 is 13.2. The molecule has 0 aliphatic carbocycles. The van der Waals surface area contributed by atoms with Crippen molar-refractivity contribution in [1.82, 2.24) is 0 Å². The summed E-state index contributed by atoms with van der Waals surface area (Å²) in [5.41, 5.74) is -1.73. The Kier molecular flexibility index (Phi) is 9.78. The number of epoxide rings is 1. The molecular weight excluding hydrogens is 626 g/mol. The number of carbonyl (C=O) groups excluding carboxylic acids is 1. The number of hydrogen-bond acceptors (Lipinski definition) is 6. The van der Waals surface area contributed by atoms with Gasteiger partial charge in [-0.3, -0.25) is 0 Å². The minimum absolute atomic E-state index is 0. The first-order valence-electron chi connectivity index (χ1n) is 13.1. The average Bonchev–Trinajstić information content (AvgIpc) is 3.19. The van der Waals surface area contributed by atoms with E-state index in [0.717, 1.165) is 22.7 Å². The fraction of sp³-hybridized carbons (Fsp3) is 0.667. The van der Waals surface area contributed by atoms with Crippen LogP contribution in [-0.2, 0) is 19.9 Å². The summed E-state index contributed by atoms with van der Waals surface area (Å²) in [6.07, 6.45) is 11.3. The minimum atomic E-state index is -1.73. The number of fused-ring (bicyclic) bond motifs is 5. The van der Waals surface area contributed by atoms with Gasteiger partial charge in [-0.2, -0.15) is 0 Å². The molecule has 36 heavy (non-hydrogen) atoms. The molecule has 0 amide bonds. The lowest BCUT2D eigenvalue weighted by molar-refractivity contribution is -0.956. The topological polar surface area (TPSA) is 59.1 Å². The highest BCUT2D eigenvalue weighted by atomic mass is 79.9. The van der Waals surface area contributed by atoms with E-state index in [1.54, 1.807) is 0 Å². The maximum atomic E-state index is 13.5. The lowest BCUT2D eigenvalue weighted by Crippen LogP contribution is -3.00. The average molecular weight is 664 g/mol. The number of rotatable bonds is 13. The molecule has 200 valence electrons. The number of aliphatic hydroxyl groups is 1. The monoisotopic (exact) mass is 661 g/mol. The largest absolute Gasteiger partial charge is 1.00 e. The van der Waals surface area contributed by atoms with Crippen molar-refractivity contribution in [3.8, 4) is 0 Å². The zero-order valence-corrected chi connectivity index (χ0v) is 25.6. The Balaban J connectivity index is 0.00000304. The molecule has 3 saturated heterocycles. The highest BCUT2D eigenvalue weighted by Crippen LogP contribution is 2.53. The van der Waals surface area contributed by atoms with Gasteiger partial charge in [0.1, 0.15) is 30.4 Å². The number of carbonyl (C=O) groups is 1. The third kappa shape index (κ3) is 5.54. The summed E-state index contributed by atoms with van der Waals surface area (Å²) >= 11 is 6.29. The number of quaternary nitrogens is 1. The van der Waals surface area contributed by atoms with E-state index in [2.05, 4.69) is 23.0 Å². The molecule has 0 aromatic carbocycles. The Labute approximate surface area is 241 Å². The van der Waals surface area contributed by atoms with Gasteiger partial charge in [-0.25, -0.2) is 4.79 Å². The Morgan fingerprint density at radius 1 is 1.03 bits per heavy atom. The van der Waals surface area contributed by atoms with Gasteiger partial charge in [-0.15, -0.1) is 22.7 Å². The first kappa shape index (κ1) is 28.7. The van der Waals surface area contributed by atoms with Crippen LogP contribution in [0.4, 0.5) is 0 Å². The normalized spacial score (nSPS) is 30.5. The van der Waals surface area contributed by atoms with Crippen molar-refractivity contribution in [1.29, 1.82) is 0 Å². The van der Waals surface area contributed by atoms with E-state index >= 15 is 0 Å². The van der Waals surface area contributed by atoms with E-state index < -0.39 is 11.6 Å². The first-order chi connectivity index (χ1) is 17.0. The van der Waals surface area contributed by atoms with E-state index in [1.165, 1.54) is 74.2 Å². The molecule has 5 heterocycles. The van der Waals surface area contributed by atoms with E-state index in [9.17, 15) is 9.90 Å². The number of likely N-dealkylation sites (N-methyl/N-ethyl adjacent to an activating group) is 1. The van der Waals surface area contributed by atoms with E-state index in [0.29, 0.717) is 34.0 Å². The molecular formula is C27H37Br2NO4S2. The van der Waals surface area contributed by atoms with Gasteiger partial charge in [-0.05, 0) is 42.2 Å². The first-order valence-corrected chi connectivity index (χ1v) is 15.9. The molecule has 3 fully saturated rings. The van der Waals surface area contributed by atoms with Crippen molar-refractivity contribution < 1.29 is 40.8 Å². The second kappa shape index (κ2) is 12.3. The summed E-state index contributed by atoms with van der Waals surface area (Å²) in [6.45, 7) is 1.18. The van der Waals surface area contributed by atoms with Gasteiger partial charge >= 0.3 is 5.97 Å². The number of halogens is 2. The third-order valence-electron chi connectivity index (χ3n) is 8.44. The lowest BCUT2D eigenvalue weighted by atomic mass is 9.94. The van der Waals surface area contributed by atoms with Crippen LogP contribution in [-0.4, -0.2) is 64.9 Å². The van der Waals surface area contributed by atoms with Crippen LogP contribution >= 0.6 is 38.6 Å². The quantitative estimate of drug-likeness (QED) is 0.118. The Bertz CT molecular complexity index is 918. The van der Waals surface area contributed by atoms with Crippen LogP contribution < -0.4 is 17.0 Å². The molecule has 0 radical (unpaired) electrons. The summed E-state index contributed by atoms with van der Waals surface area (Å²) in [5.74, 6) is -0.544. The second-order valence-electron chi connectivity index (χ2n) is 10.6. The minimum Gasteiger partial charge on any atom is -1.00 e. The number of ether oxygens (including phenoxy) is 2. The van der Waals surface area contributed by atoms with E-state index in [-0.39, 0.29) is 23.1 Å². The molecule has 5 nitrogen and oxygen atoms in total. The molecule has 0 saturated carbocycles. The van der Waals surface area contributed by atoms with Gasteiger partial charge in [0.2, 0.25) is 5.60 Å². The summed E-state index contributed by atoms with van der Waals surface area (Å²) in [5, 5.41) is 16.5. The van der Waals surface area contributed by atoms with Gasteiger partial charge < -0.3 is 36.0 Å². The smallest absolute Gasteiger partial charge is 0.349 e. The molecule has 2 bridgehead atoms. The van der Waals surface area contributed by atoms with Crippen molar-refractivity contribution in [2.24, 2.45) is 0 Å². The van der Waals surface area contributed by atoms with Crippen molar-refractivity contribution in [2.75, 3.05) is 18.9 Å². The van der Waals surface area contributed by atoms with Crippen LogP contribution in [0.15, 0.2) is 35.0 Å². The second-order valence-corrected chi connectivity index (χ2v) is 13.3. The van der Waals surface area contributed by atoms with Crippen LogP contribution in [0.2, 0.25) is 0 Å². The fourth-order valence-corrected chi connectivity index (χ4v) is 8.55. The summed E-state index contributed by atoms with van der Waals surface area (Å²) in [7, 11) is 2.40. The molecule has 5 rings (SSSR count). The Morgan fingerprint density at radius 2 is 1.56 bits per heavy atom. The highest BCUT2D eigenvalue weighted by Gasteiger charge is 2.72. The standard InChI is InChI=1S/C27H37BrNO4S2.BrH/c1-29(14-8-6-4-2-3-5-7-13-28)20-17-19(18-21(29)25-24(20)33-25)32-26(30)27(31,22-11-9-15-34-22)23-12-10-16-35-23;/h9-12,15-16,19-21,24-25,31H,2-8,13-14,17-18H2,1H3;1H/q+1;/p-1. The third-order valence-corrected chi connectivity index (χ3v) is 11.0. The van der Waals surface area contributed by atoms with Crippen LogP contribution in [0.5, 0.6) is 0 Å². The number of morpholine rings is 1. The number of piperidine rings is 1. The van der Waals surface area contributed by atoms with Crippen molar-refractivity contribution >= 4 is 44.6 Å². The van der Waals surface area contributed by atoms with Gasteiger partial charge in [0.05, 0.1) is 23.3 Å². The Hall–Kier alpha value is -0.290. The predicted molar refractivity (Wildman–Crippen MR) is 144 cm³/mol. The molecule has 9 heteroatoms. The highest BCUT2D eigenvalue weighted by molar-refractivity contribution is 9.09. The number of thiophene rings is 2. The zero-order valence-electron chi connectivity index (χ0n) is 20.8. The number of unbranched alkanes of at least 4 members (excludes halogenated alkanes) is 6. The van der Waals surface area contributed by atoms with Gasteiger partial charge in [0.15, 0.2) is 0 Å². The van der Waals surface area contributed by atoms with Crippen LogP contribution in [0.3, 0.4) is 0 Å². The molecule has 4 atom stereocenters. The lowest BCUT2D eigenvalue weighted by Gasteiger charge is -2.48.